The number of nitrogens with one attached hydrogen (secondary N) is 2. The summed E-state index contributed by atoms with van der Waals surface area (Å²) >= 11 is 0. The average molecular weight is 464 g/mol. The Kier molecular flexibility index (Phi) is 7.65. The summed E-state index contributed by atoms with van der Waals surface area (Å²) in [4.78, 5) is 0. The smallest absolute Gasteiger partial charge is 0.229 e. The number of aromatic amines is 1. The minimum atomic E-state index is -3.31. The van der Waals surface area contributed by atoms with E-state index in [2.05, 4.69) is 30.8 Å². The van der Waals surface area contributed by atoms with Crippen LogP contribution in [0.3, 0.4) is 0 Å². The monoisotopic (exact) mass is 463 g/mol. The molecule has 0 saturated heterocycles. The van der Waals surface area contributed by atoms with E-state index < -0.39 is 10.0 Å². The second-order valence-corrected chi connectivity index (χ2v) is 9.85. The molecule has 1 aromatic heterocycles. The van der Waals surface area contributed by atoms with Gasteiger partial charge in [0.25, 0.3) is 0 Å². The molecule has 0 spiro atoms. The standard InChI is InChI=1S/C22H27N3O5S.H2O/c1-22(2,3)20-15-19(25-12-13-29-24-30-25)14-17(21(20)28-4)9-6-16-7-10-18(11-8-16)23-31(5,26)27;/h6-15,23-24H,1-5H3;1H2/b9-6+;. The number of hydrogen-bond acceptors (Lipinski definition) is 5. The van der Waals surface area contributed by atoms with Crippen molar-refractivity contribution in [1.29, 1.82) is 0 Å². The van der Waals surface area contributed by atoms with Crippen LogP contribution in [0.4, 0.5) is 5.69 Å². The number of hydrogen-bond donors (Lipinski definition) is 2. The quantitative estimate of drug-likeness (QED) is 0.530. The van der Waals surface area contributed by atoms with E-state index in [0.717, 1.165) is 34.4 Å². The van der Waals surface area contributed by atoms with E-state index in [9.17, 15) is 8.42 Å². The Bertz CT molecular complexity index is 1190. The van der Waals surface area contributed by atoms with Gasteiger partial charge in [0.2, 0.25) is 10.0 Å². The predicted molar refractivity (Wildman–Crippen MR) is 125 cm³/mol. The lowest BCUT2D eigenvalue weighted by atomic mass is 9.84. The molecular weight excluding hydrogens is 434 g/mol. The second kappa shape index (κ2) is 9.84. The van der Waals surface area contributed by atoms with Crippen molar-refractivity contribution in [3.63, 3.8) is 0 Å². The van der Waals surface area contributed by atoms with Crippen LogP contribution in [0.1, 0.15) is 37.5 Å². The van der Waals surface area contributed by atoms with E-state index in [4.69, 9.17) is 13.9 Å². The Morgan fingerprint density at radius 3 is 2.34 bits per heavy atom. The fourth-order valence-corrected chi connectivity index (χ4v) is 3.64. The predicted octanol–water partition coefficient (Wildman–Crippen LogP) is 4.14. The average Bonchev–Trinajstić information content (AvgIpc) is 2.71. The molecule has 0 aliphatic carbocycles. The minimum Gasteiger partial charge on any atom is -0.496 e. The normalized spacial score (nSPS) is 11.8. The van der Waals surface area contributed by atoms with E-state index in [1.165, 1.54) is 6.26 Å². The van der Waals surface area contributed by atoms with Gasteiger partial charge < -0.3 is 14.7 Å². The van der Waals surface area contributed by atoms with E-state index in [1.807, 2.05) is 36.4 Å². The van der Waals surface area contributed by atoms with Crippen LogP contribution in [0.2, 0.25) is 0 Å². The highest BCUT2D eigenvalue weighted by Crippen LogP contribution is 2.37. The molecule has 32 heavy (non-hydrogen) atoms. The van der Waals surface area contributed by atoms with Gasteiger partial charge in [0.05, 0.1) is 25.2 Å². The molecule has 0 unspecified atom stereocenters. The number of anilines is 1. The van der Waals surface area contributed by atoms with E-state index >= 15 is 0 Å². The van der Waals surface area contributed by atoms with Crippen molar-refractivity contribution in [3.8, 4) is 11.4 Å². The van der Waals surface area contributed by atoms with Crippen LogP contribution in [0.25, 0.3) is 17.8 Å². The molecular formula is C22H29N3O6S. The molecule has 3 rings (SSSR count). The molecule has 10 heteroatoms. The zero-order valence-electron chi connectivity index (χ0n) is 18.7. The lowest BCUT2D eigenvalue weighted by Gasteiger charge is -2.24. The van der Waals surface area contributed by atoms with Gasteiger partial charge in [0.1, 0.15) is 12.0 Å². The van der Waals surface area contributed by atoms with Crippen molar-refractivity contribution in [1.82, 2.24) is 10.1 Å². The van der Waals surface area contributed by atoms with Gasteiger partial charge in [-0.3, -0.25) is 9.35 Å². The summed E-state index contributed by atoms with van der Waals surface area (Å²) < 4.78 is 42.7. The van der Waals surface area contributed by atoms with E-state index in [1.54, 1.807) is 30.2 Å². The topological polar surface area (TPSA) is 134 Å². The lowest BCUT2D eigenvalue weighted by molar-refractivity contribution is 0.0897. The van der Waals surface area contributed by atoms with Gasteiger partial charge in [-0.25, -0.2) is 8.42 Å². The Labute approximate surface area is 187 Å². The number of rotatable bonds is 6. The molecule has 0 bridgehead atoms. The van der Waals surface area contributed by atoms with Crippen molar-refractivity contribution in [2.24, 2.45) is 0 Å². The molecule has 1 heterocycles. The summed E-state index contributed by atoms with van der Waals surface area (Å²) in [5.74, 6) is 0.771. The Morgan fingerprint density at radius 2 is 1.81 bits per heavy atom. The zero-order chi connectivity index (χ0) is 22.6. The van der Waals surface area contributed by atoms with E-state index in [-0.39, 0.29) is 10.9 Å². The number of ether oxygens (including phenoxy) is 1. The molecule has 4 N–H and O–H groups in total. The molecule has 2 aromatic carbocycles. The van der Waals surface area contributed by atoms with Crippen LogP contribution < -0.4 is 9.46 Å². The number of aromatic nitrogens is 2. The second-order valence-electron chi connectivity index (χ2n) is 8.10. The molecule has 0 aliphatic heterocycles. The minimum absolute atomic E-state index is 0. The van der Waals surface area contributed by atoms with Crippen molar-refractivity contribution < 1.29 is 27.8 Å². The largest absolute Gasteiger partial charge is 0.496 e. The van der Waals surface area contributed by atoms with Crippen LogP contribution in [-0.4, -0.2) is 37.3 Å². The Morgan fingerprint density at radius 1 is 1.12 bits per heavy atom. The molecule has 0 saturated carbocycles. The van der Waals surface area contributed by atoms with Crippen molar-refractivity contribution >= 4 is 27.9 Å². The first-order chi connectivity index (χ1) is 14.6. The van der Waals surface area contributed by atoms with Crippen LogP contribution in [0.15, 0.2) is 58.0 Å². The van der Waals surface area contributed by atoms with Gasteiger partial charge in [-0.1, -0.05) is 50.4 Å². The fourth-order valence-electron chi connectivity index (χ4n) is 3.08. The van der Waals surface area contributed by atoms with Gasteiger partial charge in [-0.05, 0) is 35.2 Å². The summed E-state index contributed by atoms with van der Waals surface area (Å²) in [5, 5.41) is 2.36. The van der Waals surface area contributed by atoms with Gasteiger partial charge in [-0.15, -0.1) is 0 Å². The van der Waals surface area contributed by atoms with Gasteiger partial charge >= 0.3 is 0 Å². The summed E-state index contributed by atoms with van der Waals surface area (Å²) in [5.41, 5.74) is 3.93. The first-order valence-electron chi connectivity index (χ1n) is 9.59. The molecule has 0 aliphatic rings. The lowest BCUT2D eigenvalue weighted by Crippen LogP contribution is -2.14. The fraction of sp³-hybridized carbons (Fsp3) is 0.273. The summed E-state index contributed by atoms with van der Waals surface area (Å²) in [7, 11) is -1.66. The zero-order valence-corrected chi connectivity index (χ0v) is 19.5. The maximum atomic E-state index is 11.4. The first-order valence-corrected chi connectivity index (χ1v) is 11.5. The van der Waals surface area contributed by atoms with Crippen LogP contribution in [-0.2, 0) is 15.4 Å². The summed E-state index contributed by atoms with van der Waals surface area (Å²) in [6.07, 6.45) is 8.15. The molecule has 0 fully saturated rings. The summed E-state index contributed by atoms with van der Waals surface area (Å²) in [6.45, 7) is 6.34. The molecule has 0 atom stereocenters. The number of sulfonamides is 1. The SMILES string of the molecule is COc1c(/C=C/c2ccc(NS(C)(=O)=O)cc2)cc(-n2cco[nH]o2)cc1C(C)(C)C.O. The third-order valence-corrected chi connectivity index (χ3v) is 5.09. The highest BCUT2D eigenvalue weighted by Gasteiger charge is 2.22. The number of methoxy groups -OCH3 is 1. The molecule has 3 aromatic rings. The number of nitrogens with zero attached hydrogens (tertiary/aromatic N) is 1. The third-order valence-electron chi connectivity index (χ3n) is 4.49. The van der Waals surface area contributed by atoms with Crippen LogP contribution >= 0.6 is 0 Å². The first kappa shape index (κ1) is 24.9. The summed E-state index contributed by atoms with van der Waals surface area (Å²) in [6, 6.07) is 11.1. The van der Waals surface area contributed by atoms with Crippen LogP contribution in [0, 0.1) is 0 Å². The van der Waals surface area contributed by atoms with Crippen molar-refractivity contribution in [3.05, 3.63) is 65.5 Å². The molecule has 9 nitrogen and oxygen atoms in total. The van der Waals surface area contributed by atoms with Gasteiger partial charge in [-0.2, -0.15) is 4.74 Å². The number of benzene rings is 2. The highest BCUT2D eigenvalue weighted by atomic mass is 32.2. The van der Waals surface area contributed by atoms with Gasteiger partial charge in [0.15, 0.2) is 0 Å². The Hall–Kier alpha value is -3.37. The highest BCUT2D eigenvalue weighted by molar-refractivity contribution is 7.92. The Balaban J connectivity index is 0.00000363. The maximum Gasteiger partial charge on any atom is 0.229 e. The van der Waals surface area contributed by atoms with Crippen LogP contribution in [0.5, 0.6) is 5.75 Å². The molecule has 0 amide bonds. The molecule has 174 valence electrons. The number of H-pyrrole nitrogens is 1. The maximum absolute atomic E-state index is 11.4. The van der Waals surface area contributed by atoms with Crippen molar-refractivity contribution in [2.75, 3.05) is 18.1 Å². The van der Waals surface area contributed by atoms with E-state index in [0.29, 0.717) is 5.69 Å². The third kappa shape index (κ3) is 6.32. The molecule has 0 radical (unpaired) electrons. The van der Waals surface area contributed by atoms with Gasteiger partial charge in [0, 0.05) is 16.8 Å². The van der Waals surface area contributed by atoms with Crippen molar-refractivity contribution in [2.45, 2.75) is 26.2 Å².